The van der Waals surface area contributed by atoms with Crippen molar-refractivity contribution >= 4 is 40.8 Å². The van der Waals surface area contributed by atoms with Gasteiger partial charge in [0.2, 0.25) is 17.8 Å². The quantitative estimate of drug-likeness (QED) is 0.596. The number of hydrogen-bond donors (Lipinski definition) is 2. The highest BCUT2D eigenvalue weighted by atomic mass is 35.5. The minimum absolute atomic E-state index is 0.457. The van der Waals surface area contributed by atoms with Gasteiger partial charge in [-0.3, -0.25) is 0 Å². The van der Waals surface area contributed by atoms with Crippen LogP contribution in [0.15, 0.2) is 42.5 Å². The summed E-state index contributed by atoms with van der Waals surface area (Å²) in [4.78, 5) is 16.0. The molecule has 1 aliphatic rings. The first-order chi connectivity index (χ1) is 14.1. The second kappa shape index (κ2) is 8.53. The lowest BCUT2D eigenvalue weighted by Crippen LogP contribution is -2.21. The summed E-state index contributed by atoms with van der Waals surface area (Å²) < 4.78 is 5.21. The van der Waals surface area contributed by atoms with Crippen molar-refractivity contribution in [2.45, 2.75) is 19.8 Å². The number of hydrogen-bond acceptors (Lipinski definition) is 7. The van der Waals surface area contributed by atoms with Crippen LogP contribution < -0.4 is 20.3 Å². The molecule has 2 aromatic carbocycles. The second-order valence-electron chi connectivity index (χ2n) is 6.95. The first kappa shape index (κ1) is 19.3. The Morgan fingerprint density at radius 1 is 0.931 bits per heavy atom. The average Bonchev–Trinajstić information content (AvgIpc) is 3.23. The van der Waals surface area contributed by atoms with Crippen molar-refractivity contribution in [2.24, 2.45) is 0 Å². The van der Waals surface area contributed by atoms with E-state index in [9.17, 15) is 0 Å². The summed E-state index contributed by atoms with van der Waals surface area (Å²) in [6.07, 6.45) is 2.28. The number of nitrogens with one attached hydrogen (secondary N) is 2. The fraction of sp³-hybridized carbons (Fsp3) is 0.286. The lowest BCUT2D eigenvalue weighted by molar-refractivity contribution is 0.415. The van der Waals surface area contributed by atoms with Gasteiger partial charge in [-0.15, -0.1) is 0 Å². The van der Waals surface area contributed by atoms with Crippen LogP contribution in [-0.2, 0) is 0 Å². The first-order valence-electron chi connectivity index (χ1n) is 9.56. The Labute approximate surface area is 175 Å². The second-order valence-corrected chi connectivity index (χ2v) is 7.35. The molecule has 29 heavy (non-hydrogen) atoms. The number of rotatable bonds is 6. The Morgan fingerprint density at radius 3 is 2.24 bits per heavy atom. The highest BCUT2D eigenvalue weighted by Crippen LogP contribution is 2.29. The molecule has 0 unspecified atom stereocenters. The van der Waals surface area contributed by atoms with Gasteiger partial charge in [0.1, 0.15) is 5.75 Å². The lowest BCUT2D eigenvalue weighted by Gasteiger charge is -2.17. The minimum Gasteiger partial charge on any atom is -0.495 e. The van der Waals surface area contributed by atoms with Gasteiger partial charge in [-0.05, 0) is 55.7 Å². The van der Waals surface area contributed by atoms with E-state index < -0.39 is 0 Å². The third-order valence-electron chi connectivity index (χ3n) is 4.69. The van der Waals surface area contributed by atoms with Crippen LogP contribution >= 0.6 is 11.6 Å². The summed E-state index contributed by atoms with van der Waals surface area (Å²) in [7, 11) is 1.59. The number of aryl methyl sites for hydroxylation is 1. The molecule has 4 rings (SSSR count). The molecular weight excluding hydrogens is 388 g/mol. The maximum atomic E-state index is 6.25. The predicted molar refractivity (Wildman–Crippen MR) is 117 cm³/mol. The SMILES string of the molecule is COc1ccc(Nc2nc(Nc3cccc(C)c3)nc(N3CCCC3)n2)cc1Cl. The van der Waals surface area contributed by atoms with E-state index in [1.807, 2.05) is 18.2 Å². The maximum Gasteiger partial charge on any atom is 0.233 e. The van der Waals surface area contributed by atoms with Crippen LogP contribution in [0.4, 0.5) is 29.2 Å². The van der Waals surface area contributed by atoms with E-state index in [2.05, 4.69) is 49.5 Å². The Balaban J connectivity index is 1.64. The molecule has 3 aromatic rings. The fourth-order valence-corrected chi connectivity index (χ4v) is 3.52. The standard InChI is InChI=1S/C21H23ClN6O/c1-14-6-5-7-15(12-14)23-19-25-20(27-21(26-19)28-10-3-4-11-28)24-16-8-9-18(29-2)17(22)13-16/h5-9,12-13H,3-4,10-11H2,1-2H3,(H2,23,24,25,26,27). The van der Waals surface area contributed by atoms with Gasteiger partial charge in [-0.1, -0.05) is 23.7 Å². The number of halogens is 1. The number of methoxy groups -OCH3 is 1. The third-order valence-corrected chi connectivity index (χ3v) is 4.99. The van der Waals surface area contributed by atoms with Gasteiger partial charge in [-0.2, -0.15) is 15.0 Å². The van der Waals surface area contributed by atoms with Gasteiger partial charge in [0.25, 0.3) is 0 Å². The van der Waals surface area contributed by atoms with E-state index in [-0.39, 0.29) is 0 Å². The zero-order chi connectivity index (χ0) is 20.2. The van der Waals surface area contributed by atoms with Gasteiger partial charge in [0.15, 0.2) is 0 Å². The predicted octanol–water partition coefficient (Wildman–Crippen LogP) is 4.93. The van der Waals surface area contributed by atoms with Gasteiger partial charge < -0.3 is 20.3 Å². The van der Waals surface area contributed by atoms with E-state index in [1.165, 1.54) is 0 Å². The molecule has 0 saturated carbocycles. The lowest BCUT2D eigenvalue weighted by atomic mass is 10.2. The molecule has 0 spiro atoms. The van der Waals surface area contributed by atoms with Crippen LogP contribution in [0, 0.1) is 6.92 Å². The van der Waals surface area contributed by atoms with Crippen molar-refractivity contribution in [3.8, 4) is 5.75 Å². The van der Waals surface area contributed by atoms with Crippen LogP contribution in [0.25, 0.3) is 0 Å². The third kappa shape index (κ3) is 4.68. The monoisotopic (exact) mass is 410 g/mol. The molecule has 0 amide bonds. The minimum atomic E-state index is 0.457. The Kier molecular flexibility index (Phi) is 5.67. The van der Waals surface area contributed by atoms with Crippen LogP contribution in [0.5, 0.6) is 5.75 Å². The number of benzene rings is 2. The highest BCUT2D eigenvalue weighted by molar-refractivity contribution is 6.32. The fourth-order valence-electron chi connectivity index (χ4n) is 3.26. The molecule has 7 nitrogen and oxygen atoms in total. The molecule has 1 fully saturated rings. The molecule has 1 aliphatic heterocycles. The summed E-state index contributed by atoms with van der Waals surface area (Å²) >= 11 is 6.25. The molecule has 1 saturated heterocycles. The van der Waals surface area contributed by atoms with Crippen LogP contribution in [0.2, 0.25) is 5.02 Å². The van der Waals surface area contributed by atoms with Crippen LogP contribution in [0.1, 0.15) is 18.4 Å². The van der Waals surface area contributed by atoms with Crippen molar-refractivity contribution in [2.75, 3.05) is 35.7 Å². The maximum absolute atomic E-state index is 6.25. The topological polar surface area (TPSA) is 75.2 Å². The van der Waals surface area contributed by atoms with Crippen molar-refractivity contribution in [3.63, 3.8) is 0 Å². The number of ether oxygens (including phenoxy) is 1. The van der Waals surface area contributed by atoms with Crippen molar-refractivity contribution < 1.29 is 4.74 Å². The molecule has 0 atom stereocenters. The zero-order valence-electron chi connectivity index (χ0n) is 16.4. The summed E-state index contributed by atoms with van der Waals surface area (Å²) in [5, 5.41) is 7.04. The number of nitrogens with zero attached hydrogens (tertiary/aromatic N) is 4. The molecule has 0 bridgehead atoms. The van der Waals surface area contributed by atoms with E-state index in [1.54, 1.807) is 19.2 Å². The molecule has 2 N–H and O–H groups in total. The highest BCUT2D eigenvalue weighted by Gasteiger charge is 2.18. The van der Waals surface area contributed by atoms with Crippen molar-refractivity contribution in [1.29, 1.82) is 0 Å². The van der Waals surface area contributed by atoms with Crippen molar-refractivity contribution in [1.82, 2.24) is 15.0 Å². The first-order valence-corrected chi connectivity index (χ1v) is 9.94. The number of anilines is 5. The Hall–Kier alpha value is -3.06. The molecule has 0 aliphatic carbocycles. The smallest absolute Gasteiger partial charge is 0.233 e. The van der Waals surface area contributed by atoms with Gasteiger partial charge >= 0.3 is 0 Å². The van der Waals surface area contributed by atoms with Crippen LogP contribution in [-0.4, -0.2) is 35.2 Å². The molecular formula is C21H23ClN6O. The Bertz CT molecular complexity index is 1010. The molecule has 1 aromatic heterocycles. The average molecular weight is 411 g/mol. The summed E-state index contributed by atoms with van der Waals surface area (Å²) in [6.45, 7) is 3.94. The van der Waals surface area contributed by atoms with Crippen LogP contribution in [0.3, 0.4) is 0 Å². The van der Waals surface area contributed by atoms with Gasteiger partial charge in [0.05, 0.1) is 12.1 Å². The summed E-state index contributed by atoms with van der Waals surface area (Å²) in [5.74, 6) is 2.23. The van der Waals surface area contributed by atoms with E-state index >= 15 is 0 Å². The van der Waals surface area contributed by atoms with Crippen molar-refractivity contribution in [3.05, 3.63) is 53.1 Å². The molecule has 150 valence electrons. The normalized spacial score (nSPS) is 13.4. The van der Waals surface area contributed by atoms with E-state index in [0.717, 1.165) is 42.9 Å². The van der Waals surface area contributed by atoms with Gasteiger partial charge in [0, 0.05) is 24.5 Å². The molecule has 8 heteroatoms. The molecule has 2 heterocycles. The zero-order valence-corrected chi connectivity index (χ0v) is 17.2. The number of aromatic nitrogens is 3. The summed E-state index contributed by atoms with van der Waals surface area (Å²) in [5.41, 5.74) is 2.87. The largest absolute Gasteiger partial charge is 0.495 e. The summed E-state index contributed by atoms with van der Waals surface area (Å²) in [6, 6.07) is 13.6. The van der Waals surface area contributed by atoms with E-state index in [4.69, 9.17) is 16.3 Å². The van der Waals surface area contributed by atoms with Gasteiger partial charge in [-0.25, -0.2) is 0 Å². The van der Waals surface area contributed by atoms with E-state index in [0.29, 0.717) is 28.6 Å². The Morgan fingerprint density at radius 2 is 1.62 bits per heavy atom. The molecule has 0 radical (unpaired) electrons.